The van der Waals surface area contributed by atoms with Gasteiger partial charge in [-0.05, 0) is 32.2 Å². The summed E-state index contributed by atoms with van der Waals surface area (Å²) in [6.45, 7) is 1.98. The minimum Gasteiger partial charge on any atom is -0.384 e. The van der Waals surface area contributed by atoms with Crippen molar-refractivity contribution in [3.05, 3.63) is 0 Å². The fourth-order valence-electron chi connectivity index (χ4n) is 1.80. The minimum atomic E-state index is 0.218. The number of hydrogen-bond acceptors (Lipinski definition) is 3. The van der Waals surface area contributed by atoms with Crippen molar-refractivity contribution in [2.24, 2.45) is 5.73 Å². The summed E-state index contributed by atoms with van der Waals surface area (Å²) in [6.07, 6.45) is 4.96. The Morgan fingerprint density at radius 2 is 2.27 bits per heavy atom. The quantitative estimate of drug-likeness (QED) is 0.680. The maximum absolute atomic E-state index is 11.8. The lowest BCUT2D eigenvalue weighted by molar-refractivity contribution is -0.136. The molecule has 15 heavy (non-hydrogen) atoms. The van der Waals surface area contributed by atoms with Crippen LogP contribution in [0.3, 0.4) is 0 Å². The highest BCUT2D eigenvalue weighted by molar-refractivity contribution is 5.76. The van der Waals surface area contributed by atoms with Gasteiger partial charge in [0.15, 0.2) is 0 Å². The molecule has 1 aliphatic carbocycles. The maximum atomic E-state index is 11.8. The molecule has 0 heterocycles. The Bertz CT molecular complexity index is 193. The Kier molecular flexibility index (Phi) is 5.65. The van der Waals surface area contributed by atoms with Crippen LogP contribution in [0.25, 0.3) is 0 Å². The number of ether oxygens (including phenoxy) is 1. The number of amides is 1. The van der Waals surface area contributed by atoms with Gasteiger partial charge in [-0.15, -0.1) is 0 Å². The first-order chi connectivity index (χ1) is 7.29. The molecule has 1 rings (SSSR count). The van der Waals surface area contributed by atoms with Crippen molar-refractivity contribution in [3.63, 3.8) is 0 Å². The topological polar surface area (TPSA) is 55.6 Å². The number of hydrogen-bond donors (Lipinski definition) is 1. The summed E-state index contributed by atoms with van der Waals surface area (Å²) in [4.78, 5) is 13.8. The van der Waals surface area contributed by atoms with E-state index in [2.05, 4.69) is 0 Å². The van der Waals surface area contributed by atoms with Gasteiger partial charge in [0.1, 0.15) is 0 Å². The molecule has 0 spiro atoms. The minimum absolute atomic E-state index is 0.218. The van der Waals surface area contributed by atoms with Gasteiger partial charge in [0.2, 0.25) is 5.91 Å². The molecule has 2 N–H and O–H groups in total. The van der Waals surface area contributed by atoms with E-state index in [-0.39, 0.29) is 5.91 Å². The first kappa shape index (κ1) is 12.5. The zero-order chi connectivity index (χ0) is 11.1. The van der Waals surface area contributed by atoms with Crippen LogP contribution in [-0.4, -0.2) is 43.7 Å². The highest BCUT2D eigenvalue weighted by Crippen LogP contribution is 2.25. The van der Waals surface area contributed by atoms with Gasteiger partial charge in [-0.25, -0.2) is 0 Å². The molecule has 4 heteroatoms. The maximum Gasteiger partial charge on any atom is 0.225 e. The fraction of sp³-hybridized carbons (Fsp3) is 0.909. The number of nitrogens with zero attached hydrogens (tertiary/aromatic N) is 1. The van der Waals surface area contributed by atoms with Gasteiger partial charge in [0.05, 0.1) is 13.0 Å². The van der Waals surface area contributed by atoms with Gasteiger partial charge in [-0.3, -0.25) is 4.79 Å². The SMILES string of the molecule is COCCC(=O)N(CCCN)C1CCC1. The second-order valence-electron chi connectivity index (χ2n) is 4.06. The van der Waals surface area contributed by atoms with E-state index in [1.807, 2.05) is 4.90 Å². The third kappa shape index (κ3) is 3.80. The average molecular weight is 214 g/mol. The van der Waals surface area contributed by atoms with Gasteiger partial charge < -0.3 is 15.4 Å². The van der Waals surface area contributed by atoms with Gasteiger partial charge in [-0.2, -0.15) is 0 Å². The smallest absolute Gasteiger partial charge is 0.225 e. The first-order valence-corrected chi connectivity index (χ1v) is 5.78. The van der Waals surface area contributed by atoms with Gasteiger partial charge in [0.25, 0.3) is 0 Å². The molecule has 0 aliphatic heterocycles. The van der Waals surface area contributed by atoms with E-state index in [0.717, 1.165) is 25.8 Å². The summed E-state index contributed by atoms with van der Waals surface area (Å²) in [5.74, 6) is 0.218. The lowest BCUT2D eigenvalue weighted by Gasteiger charge is -2.37. The van der Waals surface area contributed by atoms with E-state index in [9.17, 15) is 4.79 Å². The Balaban J connectivity index is 2.35. The Morgan fingerprint density at radius 3 is 2.73 bits per heavy atom. The van der Waals surface area contributed by atoms with E-state index in [1.54, 1.807) is 7.11 Å². The van der Waals surface area contributed by atoms with Crippen LogP contribution in [0.1, 0.15) is 32.1 Å². The molecule has 0 aromatic carbocycles. The molecule has 0 unspecified atom stereocenters. The summed E-state index contributed by atoms with van der Waals surface area (Å²) in [5.41, 5.74) is 5.47. The van der Waals surface area contributed by atoms with Crippen molar-refractivity contribution in [1.29, 1.82) is 0 Å². The molecular formula is C11H22N2O2. The van der Waals surface area contributed by atoms with Crippen LogP contribution >= 0.6 is 0 Å². The lowest BCUT2D eigenvalue weighted by atomic mass is 9.91. The van der Waals surface area contributed by atoms with E-state index >= 15 is 0 Å². The number of rotatable bonds is 7. The van der Waals surface area contributed by atoms with E-state index in [1.165, 1.54) is 6.42 Å². The van der Waals surface area contributed by atoms with Crippen LogP contribution < -0.4 is 5.73 Å². The lowest BCUT2D eigenvalue weighted by Crippen LogP contribution is -2.45. The van der Waals surface area contributed by atoms with Crippen LogP contribution in [0, 0.1) is 0 Å². The number of carbonyl (C=O) groups excluding carboxylic acids is 1. The molecular weight excluding hydrogens is 192 g/mol. The molecule has 1 saturated carbocycles. The van der Waals surface area contributed by atoms with Crippen molar-refractivity contribution < 1.29 is 9.53 Å². The van der Waals surface area contributed by atoms with Crippen LogP contribution in [0.15, 0.2) is 0 Å². The summed E-state index contributed by atoms with van der Waals surface area (Å²) >= 11 is 0. The van der Waals surface area contributed by atoms with Crippen LogP contribution in [0.4, 0.5) is 0 Å². The van der Waals surface area contributed by atoms with Gasteiger partial charge in [0, 0.05) is 19.7 Å². The van der Waals surface area contributed by atoms with Crippen LogP contribution in [0.2, 0.25) is 0 Å². The molecule has 0 aromatic heterocycles. The second kappa shape index (κ2) is 6.80. The molecule has 0 aromatic rings. The van der Waals surface area contributed by atoms with Crippen LogP contribution in [-0.2, 0) is 9.53 Å². The highest BCUT2D eigenvalue weighted by atomic mass is 16.5. The monoisotopic (exact) mass is 214 g/mol. The molecule has 1 fully saturated rings. The second-order valence-corrected chi connectivity index (χ2v) is 4.06. The standard InChI is InChI=1S/C11H22N2O2/c1-15-9-6-11(14)13(8-3-7-12)10-4-2-5-10/h10H,2-9,12H2,1H3. The van der Waals surface area contributed by atoms with Crippen LogP contribution in [0.5, 0.6) is 0 Å². The first-order valence-electron chi connectivity index (χ1n) is 5.78. The molecule has 1 amide bonds. The predicted molar refractivity (Wildman–Crippen MR) is 59.5 cm³/mol. The zero-order valence-electron chi connectivity index (χ0n) is 9.58. The van der Waals surface area contributed by atoms with Gasteiger partial charge in [-0.1, -0.05) is 0 Å². The zero-order valence-corrected chi connectivity index (χ0v) is 9.58. The normalized spacial score (nSPS) is 16.1. The number of nitrogens with two attached hydrogens (primary N) is 1. The highest BCUT2D eigenvalue weighted by Gasteiger charge is 2.27. The average Bonchev–Trinajstić information content (AvgIpc) is 2.17. The van der Waals surface area contributed by atoms with E-state index in [4.69, 9.17) is 10.5 Å². The third-order valence-electron chi connectivity index (χ3n) is 2.96. The fourth-order valence-corrected chi connectivity index (χ4v) is 1.80. The van der Waals surface area contributed by atoms with Crippen molar-refractivity contribution in [3.8, 4) is 0 Å². The predicted octanol–water partition coefficient (Wildman–Crippen LogP) is 0.753. The van der Waals surface area contributed by atoms with Gasteiger partial charge >= 0.3 is 0 Å². The molecule has 0 atom stereocenters. The molecule has 0 saturated heterocycles. The number of methoxy groups -OCH3 is 1. The largest absolute Gasteiger partial charge is 0.384 e. The summed E-state index contributed by atoms with van der Waals surface area (Å²) in [7, 11) is 1.63. The summed E-state index contributed by atoms with van der Waals surface area (Å²) < 4.78 is 4.93. The molecule has 1 aliphatic rings. The Hall–Kier alpha value is -0.610. The molecule has 4 nitrogen and oxygen atoms in total. The van der Waals surface area contributed by atoms with Crippen molar-refractivity contribution in [2.45, 2.75) is 38.1 Å². The Morgan fingerprint density at radius 1 is 1.53 bits per heavy atom. The molecule has 0 radical (unpaired) electrons. The van der Waals surface area contributed by atoms with Crippen molar-refractivity contribution in [2.75, 3.05) is 26.8 Å². The van der Waals surface area contributed by atoms with Crippen molar-refractivity contribution >= 4 is 5.91 Å². The molecule has 88 valence electrons. The van der Waals surface area contributed by atoms with Crippen molar-refractivity contribution in [1.82, 2.24) is 4.90 Å². The van der Waals surface area contributed by atoms with E-state index < -0.39 is 0 Å². The summed E-state index contributed by atoms with van der Waals surface area (Å²) in [6, 6.07) is 0.473. The van der Waals surface area contributed by atoms with E-state index in [0.29, 0.717) is 25.6 Å². The third-order valence-corrected chi connectivity index (χ3v) is 2.96. The Labute approximate surface area is 91.8 Å². The summed E-state index contributed by atoms with van der Waals surface area (Å²) in [5, 5.41) is 0. The number of carbonyl (C=O) groups is 1. The molecule has 0 bridgehead atoms.